The third-order valence-electron chi connectivity index (χ3n) is 3.54. The third kappa shape index (κ3) is 4.24. The summed E-state index contributed by atoms with van der Waals surface area (Å²) in [5.74, 6) is -0.0695. The first-order valence-corrected chi connectivity index (χ1v) is 6.97. The number of hydrogen-bond donors (Lipinski definition) is 3. The highest BCUT2D eigenvalue weighted by Crippen LogP contribution is 2.22. The molecule has 1 aliphatic rings. The molecule has 1 saturated carbocycles. The minimum atomic E-state index is -0.266. The van der Waals surface area contributed by atoms with E-state index in [1.165, 1.54) is 19.8 Å². The molecule has 0 spiro atoms. The summed E-state index contributed by atoms with van der Waals surface area (Å²) in [5.41, 5.74) is 1.78. The largest absolute Gasteiger partial charge is 0.391 e. The molecule has 1 aromatic rings. The summed E-state index contributed by atoms with van der Waals surface area (Å²) in [7, 11) is 0. The van der Waals surface area contributed by atoms with E-state index in [1.807, 2.05) is 24.3 Å². The van der Waals surface area contributed by atoms with Crippen molar-refractivity contribution >= 4 is 17.3 Å². The Hall–Kier alpha value is -1.55. The number of anilines is 2. The van der Waals surface area contributed by atoms with E-state index in [2.05, 4.69) is 10.6 Å². The molecule has 1 amide bonds. The van der Waals surface area contributed by atoms with Gasteiger partial charge in [0.2, 0.25) is 5.91 Å². The van der Waals surface area contributed by atoms with Crippen LogP contribution >= 0.6 is 0 Å². The van der Waals surface area contributed by atoms with Crippen molar-refractivity contribution < 1.29 is 9.90 Å². The summed E-state index contributed by atoms with van der Waals surface area (Å²) in [6, 6.07) is 7.74. The van der Waals surface area contributed by atoms with E-state index in [0.29, 0.717) is 0 Å². The van der Waals surface area contributed by atoms with Crippen LogP contribution in [0.2, 0.25) is 0 Å². The lowest BCUT2D eigenvalue weighted by molar-refractivity contribution is -0.114. The molecule has 0 aromatic heterocycles. The monoisotopic (exact) mass is 262 g/mol. The van der Waals surface area contributed by atoms with Crippen molar-refractivity contribution in [2.75, 3.05) is 10.6 Å². The maximum atomic E-state index is 10.9. The number of benzene rings is 1. The molecule has 4 nitrogen and oxygen atoms in total. The number of rotatable bonds is 3. The summed E-state index contributed by atoms with van der Waals surface area (Å²) < 4.78 is 0. The molecule has 1 fully saturated rings. The molecule has 19 heavy (non-hydrogen) atoms. The van der Waals surface area contributed by atoms with Crippen LogP contribution in [0.3, 0.4) is 0 Å². The van der Waals surface area contributed by atoms with Crippen molar-refractivity contribution in [1.29, 1.82) is 0 Å². The van der Waals surface area contributed by atoms with Gasteiger partial charge in [0.1, 0.15) is 0 Å². The van der Waals surface area contributed by atoms with Gasteiger partial charge in [0.05, 0.1) is 12.1 Å². The van der Waals surface area contributed by atoms with Crippen LogP contribution in [0.1, 0.15) is 39.0 Å². The Kier molecular flexibility index (Phi) is 4.80. The quantitative estimate of drug-likeness (QED) is 0.734. The van der Waals surface area contributed by atoms with Gasteiger partial charge < -0.3 is 15.7 Å². The molecular formula is C15H22N2O2. The summed E-state index contributed by atoms with van der Waals surface area (Å²) >= 11 is 0. The van der Waals surface area contributed by atoms with Crippen molar-refractivity contribution in [3.63, 3.8) is 0 Å². The van der Waals surface area contributed by atoms with Crippen LogP contribution in [0, 0.1) is 0 Å². The highest BCUT2D eigenvalue weighted by Gasteiger charge is 2.21. The molecule has 2 atom stereocenters. The lowest BCUT2D eigenvalue weighted by Crippen LogP contribution is -2.32. The minimum absolute atomic E-state index is 0.0695. The topological polar surface area (TPSA) is 61.4 Å². The normalized spacial score (nSPS) is 23.5. The van der Waals surface area contributed by atoms with E-state index in [-0.39, 0.29) is 18.1 Å². The van der Waals surface area contributed by atoms with Crippen molar-refractivity contribution in [1.82, 2.24) is 0 Å². The summed E-state index contributed by atoms with van der Waals surface area (Å²) in [4.78, 5) is 10.9. The van der Waals surface area contributed by atoms with Gasteiger partial charge >= 0.3 is 0 Å². The number of carbonyl (C=O) groups is 1. The van der Waals surface area contributed by atoms with Crippen LogP contribution in [0.4, 0.5) is 11.4 Å². The van der Waals surface area contributed by atoms with Gasteiger partial charge in [-0.05, 0) is 37.1 Å². The lowest BCUT2D eigenvalue weighted by atomic mass is 10.1. The van der Waals surface area contributed by atoms with E-state index in [0.717, 1.165) is 30.6 Å². The predicted octanol–water partition coefficient (Wildman–Crippen LogP) is 2.75. The maximum Gasteiger partial charge on any atom is 0.221 e. The number of amides is 1. The van der Waals surface area contributed by atoms with Gasteiger partial charge in [0.25, 0.3) is 0 Å². The molecule has 104 valence electrons. The summed E-state index contributed by atoms with van der Waals surface area (Å²) in [6.45, 7) is 1.49. The predicted molar refractivity (Wildman–Crippen MR) is 77.2 cm³/mol. The molecule has 0 aliphatic heterocycles. The molecule has 1 aliphatic carbocycles. The van der Waals surface area contributed by atoms with Gasteiger partial charge in [0, 0.05) is 18.3 Å². The third-order valence-corrected chi connectivity index (χ3v) is 3.54. The number of aliphatic hydroxyl groups excluding tert-OH is 1. The Morgan fingerprint density at radius 2 is 1.74 bits per heavy atom. The van der Waals surface area contributed by atoms with E-state index in [1.54, 1.807) is 0 Å². The average Bonchev–Trinajstić information content (AvgIpc) is 2.57. The fraction of sp³-hybridized carbons (Fsp3) is 0.533. The van der Waals surface area contributed by atoms with Gasteiger partial charge in [-0.1, -0.05) is 19.3 Å². The zero-order valence-corrected chi connectivity index (χ0v) is 11.4. The highest BCUT2D eigenvalue weighted by molar-refractivity contribution is 5.88. The number of aliphatic hydroxyl groups is 1. The van der Waals surface area contributed by atoms with E-state index >= 15 is 0 Å². The van der Waals surface area contributed by atoms with Crippen LogP contribution in [-0.4, -0.2) is 23.2 Å². The van der Waals surface area contributed by atoms with Crippen molar-refractivity contribution in [3.05, 3.63) is 24.3 Å². The highest BCUT2D eigenvalue weighted by atomic mass is 16.3. The summed E-state index contributed by atoms with van der Waals surface area (Å²) in [6.07, 6.45) is 5.10. The molecule has 0 heterocycles. The van der Waals surface area contributed by atoms with Gasteiger partial charge in [0.15, 0.2) is 0 Å². The van der Waals surface area contributed by atoms with Crippen molar-refractivity contribution in [2.45, 2.75) is 51.2 Å². The molecule has 2 rings (SSSR count). The smallest absolute Gasteiger partial charge is 0.221 e. The van der Waals surface area contributed by atoms with Gasteiger partial charge in [-0.25, -0.2) is 0 Å². The van der Waals surface area contributed by atoms with Crippen LogP contribution in [0.5, 0.6) is 0 Å². The van der Waals surface area contributed by atoms with Crippen molar-refractivity contribution in [3.8, 4) is 0 Å². The Labute approximate surface area is 114 Å². The second-order valence-electron chi connectivity index (χ2n) is 5.21. The van der Waals surface area contributed by atoms with Gasteiger partial charge in [-0.2, -0.15) is 0 Å². The standard InChI is InChI=1S/C15H22N2O2/c1-11(18)16-12-7-9-13(10-8-12)17-14-5-3-2-4-6-15(14)19/h7-10,14-15,17,19H,2-6H2,1H3,(H,16,18). The first kappa shape index (κ1) is 13.9. The molecule has 0 bridgehead atoms. The van der Waals surface area contributed by atoms with Crippen LogP contribution in [0.25, 0.3) is 0 Å². The molecule has 1 aromatic carbocycles. The number of nitrogens with one attached hydrogen (secondary N) is 2. The number of carbonyl (C=O) groups excluding carboxylic acids is 1. The maximum absolute atomic E-state index is 10.9. The Morgan fingerprint density at radius 3 is 2.42 bits per heavy atom. The van der Waals surface area contributed by atoms with Crippen LogP contribution < -0.4 is 10.6 Å². The fourth-order valence-electron chi connectivity index (χ4n) is 2.52. The Morgan fingerprint density at radius 1 is 1.11 bits per heavy atom. The number of hydrogen-bond acceptors (Lipinski definition) is 3. The zero-order valence-electron chi connectivity index (χ0n) is 11.4. The van der Waals surface area contributed by atoms with Crippen molar-refractivity contribution in [2.24, 2.45) is 0 Å². The van der Waals surface area contributed by atoms with E-state index < -0.39 is 0 Å². The van der Waals surface area contributed by atoms with Gasteiger partial charge in [-0.15, -0.1) is 0 Å². The second-order valence-corrected chi connectivity index (χ2v) is 5.21. The zero-order chi connectivity index (χ0) is 13.7. The molecular weight excluding hydrogens is 240 g/mol. The average molecular weight is 262 g/mol. The van der Waals surface area contributed by atoms with E-state index in [9.17, 15) is 9.90 Å². The molecule has 0 radical (unpaired) electrons. The van der Waals surface area contributed by atoms with Crippen LogP contribution in [0.15, 0.2) is 24.3 Å². The Balaban J connectivity index is 1.96. The molecule has 4 heteroatoms. The molecule has 3 N–H and O–H groups in total. The second kappa shape index (κ2) is 6.57. The first-order chi connectivity index (χ1) is 9.15. The van der Waals surface area contributed by atoms with Crippen LogP contribution in [-0.2, 0) is 4.79 Å². The van der Waals surface area contributed by atoms with Gasteiger partial charge in [-0.3, -0.25) is 4.79 Å². The van der Waals surface area contributed by atoms with E-state index in [4.69, 9.17) is 0 Å². The summed E-state index contributed by atoms with van der Waals surface area (Å²) in [5, 5.41) is 16.2. The Bertz CT molecular complexity index is 417. The minimum Gasteiger partial charge on any atom is -0.391 e. The molecule has 2 unspecified atom stereocenters. The fourth-order valence-corrected chi connectivity index (χ4v) is 2.52. The lowest BCUT2D eigenvalue weighted by Gasteiger charge is -2.23. The first-order valence-electron chi connectivity index (χ1n) is 6.97. The molecule has 0 saturated heterocycles. The SMILES string of the molecule is CC(=O)Nc1ccc(NC2CCCCCC2O)cc1.